The van der Waals surface area contributed by atoms with Crippen LogP contribution in [0.3, 0.4) is 0 Å². The average molecular weight is 400 g/mol. The van der Waals surface area contributed by atoms with Gasteiger partial charge >= 0.3 is 0 Å². The molecule has 9 nitrogen and oxygen atoms in total. The first-order valence-electron chi connectivity index (χ1n) is 9.61. The molecule has 3 aromatic heterocycles. The maximum absolute atomic E-state index is 9.17. The van der Waals surface area contributed by atoms with Crippen LogP contribution in [0.4, 0.5) is 0 Å². The number of methoxy groups -OCH3 is 1. The highest BCUT2D eigenvalue weighted by atomic mass is 16.5. The molecule has 1 atom stereocenters. The summed E-state index contributed by atoms with van der Waals surface area (Å²) in [7, 11) is 1.63. The van der Waals surface area contributed by atoms with Gasteiger partial charge in [-0.2, -0.15) is 4.98 Å². The molecule has 3 aromatic rings. The summed E-state index contributed by atoms with van der Waals surface area (Å²) in [5, 5.41) is 13.3. The molecule has 29 heavy (non-hydrogen) atoms. The van der Waals surface area contributed by atoms with Gasteiger partial charge in [0.2, 0.25) is 11.7 Å². The van der Waals surface area contributed by atoms with Crippen LogP contribution in [-0.4, -0.2) is 52.0 Å². The predicted molar refractivity (Wildman–Crippen MR) is 102 cm³/mol. The van der Waals surface area contributed by atoms with Crippen LogP contribution in [0.25, 0.3) is 11.5 Å². The van der Waals surface area contributed by atoms with Crippen LogP contribution >= 0.6 is 0 Å². The number of hydrogen-bond donors (Lipinski definition) is 1. The molecule has 1 saturated heterocycles. The van der Waals surface area contributed by atoms with Crippen molar-refractivity contribution in [2.75, 3.05) is 26.9 Å². The maximum Gasteiger partial charge on any atom is 0.244 e. The van der Waals surface area contributed by atoms with E-state index in [1.807, 2.05) is 6.07 Å². The molecule has 0 unspecified atom stereocenters. The Labute approximate surface area is 168 Å². The lowest BCUT2D eigenvalue weighted by atomic mass is 10.2. The van der Waals surface area contributed by atoms with E-state index in [1.165, 1.54) is 0 Å². The number of likely N-dealkylation sites (tertiary alicyclic amines) is 1. The number of nitrogens with zero attached hydrogens (tertiary/aromatic N) is 4. The minimum Gasteiger partial charge on any atom is -0.491 e. The SMILES string of the molecule is COCCOc1ccnc(-c2noc([C@@H]3CCCN3Cc3ccc(CO)o3)n2)c1. The third-order valence-corrected chi connectivity index (χ3v) is 4.84. The van der Waals surface area contributed by atoms with Gasteiger partial charge in [0.15, 0.2) is 0 Å². The molecule has 0 aromatic carbocycles. The molecule has 0 radical (unpaired) electrons. The molecule has 0 bridgehead atoms. The zero-order valence-electron chi connectivity index (χ0n) is 16.3. The number of pyridine rings is 1. The van der Waals surface area contributed by atoms with Gasteiger partial charge in [0.05, 0.1) is 19.2 Å². The summed E-state index contributed by atoms with van der Waals surface area (Å²) < 4.78 is 21.8. The van der Waals surface area contributed by atoms with Crippen molar-refractivity contribution in [3.8, 4) is 17.3 Å². The number of aliphatic hydroxyl groups is 1. The molecular weight excluding hydrogens is 376 g/mol. The van der Waals surface area contributed by atoms with Crippen molar-refractivity contribution in [2.45, 2.75) is 32.0 Å². The first kappa shape index (κ1) is 19.6. The van der Waals surface area contributed by atoms with Crippen LogP contribution in [-0.2, 0) is 17.9 Å². The van der Waals surface area contributed by atoms with Crippen molar-refractivity contribution < 1.29 is 23.5 Å². The first-order valence-corrected chi connectivity index (χ1v) is 9.61. The van der Waals surface area contributed by atoms with Crippen LogP contribution in [0.5, 0.6) is 5.75 Å². The molecule has 1 aliphatic heterocycles. The van der Waals surface area contributed by atoms with E-state index in [1.54, 1.807) is 31.5 Å². The van der Waals surface area contributed by atoms with Gasteiger partial charge in [-0.25, -0.2) is 0 Å². The lowest BCUT2D eigenvalue weighted by molar-refractivity contribution is 0.146. The Balaban J connectivity index is 1.46. The van der Waals surface area contributed by atoms with Gasteiger partial charge in [0.25, 0.3) is 0 Å². The summed E-state index contributed by atoms with van der Waals surface area (Å²) in [6, 6.07) is 7.27. The molecule has 4 heterocycles. The van der Waals surface area contributed by atoms with E-state index in [2.05, 4.69) is 20.0 Å². The lowest BCUT2D eigenvalue weighted by Crippen LogP contribution is -2.22. The van der Waals surface area contributed by atoms with Gasteiger partial charge in [-0.3, -0.25) is 9.88 Å². The van der Waals surface area contributed by atoms with E-state index in [-0.39, 0.29) is 12.6 Å². The van der Waals surface area contributed by atoms with Crippen LogP contribution in [0.1, 0.15) is 36.3 Å². The number of hydrogen-bond acceptors (Lipinski definition) is 9. The highest BCUT2D eigenvalue weighted by molar-refractivity contribution is 5.50. The standard InChI is InChI=1S/C20H24N4O5/c1-26-9-10-27-14-6-7-21-17(11-14)19-22-20(29-23-19)18-3-2-8-24(18)12-15-4-5-16(13-25)28-15/h4-7,11,18,25H,2-3,8-10,12-13H2,1H3/t18-/m0/s1. The molecule has 0 spiro atoms. The van der Waals surface area contributed by atoms with Crippen molar-refractivity contribution in [1.82, 2.24) is 20.0 Å². The van der Waals surface area contributed by atoms with Gasteiger partial charge in [-0.1, -0.05) is 5.16 Å². The topological polar surface area (TPSA) is 107 Å². The molecule has 1 fully saturated rings. The largest absolute Gasteiger partial charge is 0.491 e. The Morgan fingerprint density at radius 3 is 2.97 bits per heavy atom. The molecule has 0 amide bonds. The summed E-state index contributed by atoms with van der Waals surface area (Å²) in [4.78, 5) is 11.2. The lowest BCUT2D eigenvalue weighted by Gasteiger charge is -2.19. The third kappa shape index (κ3) is 4.64. The molecule has 4 rings (SSSR count). The predicted octanol–water partition coefficient (Wildman–Crippen LogP) is 2.58. The highest BCUT2D eigenvalue weighted by Gasteiger charge is 2.31. The molecule has 1 N–H and O–H groups in total. The van der Waals surface area contributed by atoms with Crippen molar-refractivity contribution in [1.29, 1.82) is 0 Å². The number of ether oxygens (including phenoxy) is 2. The highest BCUT2D eigenvalue weighted by Crippen LogP contribution is 2.33. The Hall–Kier alpha value is -2.75. The van der Waals surface area contributed by atoms with Crippen LogP contribution in [0.2, 0.25) is 0 Å². The number of furan rings is 1. The van der Waals surface area contributed by atoms with E-state index in [9.17, 15) is 5.11 Å². The smallest absolute Gasteiger partial charge is 0.244 e. The maximum atomic E-state index is 9.17. The number of aliphatic hydroxyl groups excluding tert-OH is 1. The summed E-state index contributed by atoms with van der Waals surface area (Å²) in [6.07, 6.45) is 3.63. The second kappa shape index (κ2) is 9.17. The zero-order valence-corrected chi connectivity index (χ0v) is 16.3. The fourth-order valence-electron chi connectivity index (χ4n) is 3.43. The zero-order chi connectivity index (χ0) is 20.1. The molecule has 0 saturated carbocycles. The van der Waals surface area contributed by atoms with E-state index < -0.39 is 0 Å². The van der Waals surface area contributed by atoms with Gasteiger partial charge in [0.1, 0.15) is 36.2 Å². The molecule has 154 valence electrons. The monoisotopic (exact) mass is 400 g/mol. The van der Waals surface area contributed by atoms with Gasteiger partial charge in [-0.15, -0.1) is 0 Å². The van der Waals surface area contributed by atoms with E-state index in [0.717, 1.165) is 25.1 Å². The normalized spacial score (nSPS) is 17.1. The van der Waals surface area contributed by atoms with Crippen molar-refractivity contribution >= 4 is 0 Å². The first-order chi connectivity index (χ1) is 14.3. The van der Waals surface area contributed by atoms with E-state index in [4.69, 9.17) is 18.4 Å². The average Bonchev–Trinajstić information content (AvgIpc) is 3.49. The Morgan fingerprint density at radius 1 is 1.24 bits per heavy atom. The molecule has 0 aliphatic carbocycles. The van der Waals surface area contributed by atoms with Crippen molar-refractivity contribution in [3.63, 3.8) is 0 Å². The van der Waals surface area contributed by atoms with E-state index >= 15 is 0 Å². The van der Waals surface area contributed by atoms with Crippen molar-refractivity contribution in [2.24, 2.45) is 0 Å². The Kier molecular flexibility index (Phi) is 6.18. The number of aromatic nitrogens is 3. The quantitative estimate of drug-likeness (QED) is 0.542. The molecule has 9 heteroatoms. The summed E-state index contributed by atoms with van der Waals surface area (Å²) in [6.45, 7) is 2.41. The van der Waals surface area contributed by atoms with Crippen LogP contribution in [0.15, 0.2) is 39.4 Å². The molecular formula is C20H24N4O5. The van der Waals surface area contributed by atoms with Gasteiger partial charge in [-0.05, 0) is 37.6 Å². The minimum absolute atomic E-state index is 0.0278. The second-order valence-corrected chi connectivity index (χ2v) is 6.83. The van der Waals surface area contributed by atoms with Crippen LogP contribution in [0, 0.1) is 0 Å². The summed E-state index contributed by atoms with van der Waals surface area (Å²) in [5.41, 5.74) is 0.595. The second-order valence-electron chi connectivity index (χ2n) is 6.83. The fourth-order valence-corrected chi connectivity index (χ4v) is 3.43. The fraction of sp³-hybridized carbons (Fsp3) is 0.450. The Bertz CT molecular complexity index is 925. The Morgan fingerprint density at radius 2 is 2.14 bits per heavy atom. The third-order valence-electron chi connectivity index (χ3n) is 4.84. The summed E-state index contributed by atoms with van der Waals surface area (Å²) >= 11 is 0. The molecule has 1 aliphatic rings. The van der Waals surface area contributed by atoms with Gasteiger partial charge < -0.3 is 23.5 Å². The minimum atomic E-state index is -0.0995. The number of rotatable bonds is 9. The van der Waals surface area contributed by atoms with Gasteiger partial charge in [0, 0.05) is 19.4 Å². The van der Waals surface area contributed by atoms with Crippen LogP contribution < -0.4 is 4.74 Å². The van der Waals surface area contributed by atoms with E-state index in [0.29, 0.717) is 48.7 Å². The van der Waals surface area contributed by atoms with Crippen molar-refractivity contribution in [3.05, 3.63) is 47.9 Å². The summed E-state index contributed by atoms with van der Waals surface area (Å²) in [5.74, 6) is 3.06.